The number of ether oxygens (including phenoxy) is 1. The third-order valence-corrected chi connectivity index (χ3v) is 2.80. The van der Waals surface area contributed by atoms with Crippen LogP contribution in [0.5, 0.6) is 5.88 Å². The second-order valence-electron chi connectivity index (χ2n) is 4.31. The minimum Gasteiger partial charge on any atom is -0.478 e. The standard InChI is InChI=1S/C12H20N4O/c1-2-7-17-11-4-6-14-12(16-11)15-9-10-3-5-13-8-10/h4,6,10,13H,2-3,5,7-9H2,1H3,(H,14,15,16). The van der Waals surface area contributed by atoms with Crippen molar-refractivity contribution >= 4 is 5.95 Å². The summed E-state index contributed by atoms with van der Waals surface area (Å²) < 4.78 is 5.46. The Balaban J connectivity index is 1.82. The van der Waals surface area contributed by atoms with Crippen molar-refractivity contribution in [3.8, 4) is 5.88 Å². The lowest BCUT2D eigenvalue weighted by molar-refractivity contribution is 0.305. The van der Waals surface area contributed by atoms with Crippen LogP contribution in [0.3, 0.4) is 0 Å². The molecule has 5 heteroatoms. The van der Waals surface area contributed by atoms with Crippen LogP contribution in [0.15, 0.2) is 12.3 Å². The molecule has 2 rings (SSSR count). The summed E-state index contributed by atoms with van der Waals surface area (Å²) in [5.74, 6) is 1.98. The van der Waals surface area contributed by atoms with Gasteiger partial charge in [0.15, 0.2) is 0 Å². The summed E-state index contributed by atoms with van der Waals surface area (Å²) in [7, 11) is 0. The van der Waals surface area contributed by atoms with Gasteiger partial charge in [0, 0.05) is 18.8 Å². The van der Waals surface area contributed by atoms with Crippen molar-refractivity contribution in [2.75, 3.05) is 31.6 Å². The first kappa shape index (κ1) is 12.1. The van der Waals surface area contributed by atoms with E-state index in [1.807, 2.05) is 0 Å². The first-order valence-corrected chi connectivity index (χ1v) is 6.29. The SMILES string of the molecule is CCCOc1ccnc(NCC2CCNC2)n1. The third kappa shape index (κ3) is 3.85. The van der Waals surface area contributed by atoms with Crippen molar-refractivity contribution in [3.63, 3.8) is 0 Å². The van der Waals surface area contributed by atoms with Crippen LogP contribution in [0.1, 0.15) is 19.8 Å². The average molecular weight is 236 g/mol. The Morgan fingerprint density at radius 2 is 2.53 bits per heavy atom. The van der Waals surface area contributed by atoms with E-state index in [2.05, 4.69) is 27.5 Å². The fraction of sp³-hybridized carbons (Fsp3) is 0.667. The predicted molar refractivity (Wildman–Crippen MR) is 67.3 cm³/mol. The Morgan fingerprint density at radius 1 is 1.59 bits per heavy atom. The highest BCUT2D eigenvalue weighted by Gasteiger charge is 2.14. The van der Waals surface area contributed by atoms with Crippen LogP contribution < -0.4 is 15.4 Å². The van der Waals surface area contributed by atoms with E-state index in [4.69, 9.17) is 4.74 Å². The summed E-state index contributed by atoms with van der Waals surface area (Å²) in [4.78, 5) is 8.49. The summed E-state index contributed by atoms with van der Waals surface area (Å²) in [5, 5.41) is 6.60. The fourth-order valence-corrected chi connectivity index (χ4v) is 1.84. The number of hydrogen-bond acceptors (Lipinski definition) is 5. The van der Waals surface area contributed by atoms with Crippen molar-refractivity contribution in [1.29, 1.82) is 0 Å². The molecule has 17 heavy (non-hydrogen) atoms. The van der Waals surface area contributed by atoms with Crippen molar-refractivity contribution in [2.45, 2.75) is 19.8 Å². The minimum atomic E-state index is 0.647. The Morgan fingerprint density at radius 3 is 3.29 bits per heavy atom. The zero-order valence-corrected chi connectivity index (χ0v) is 10.3. The molecule has 2 N–H and O–H groups in total. The fourth-order valence-electron chi connectivity index (χ4n) is 1.84. The molecule has 1 unspecified atom stereocenters. The number of nitrogens with zero attached hydrogens (tertiary/aromatic N) is 2. The normalized spacial score (nSPS) is 19.2. The molecule has 1 atom stereocenters. The van der Waals surface area contributed by atoms with Gasteiger partial charge >= 0.3 is 0 Å². The van der Waals surface area contributed by atoms with E-state index in [1.54, 1.807) is 12.3 Å². The van der Waals surface area contributed by atoms with E-state index in [0.29, 0.717) is 24.4 Å². The minimum absolute atomic E-state index is 0.647. The van der Waals surface area contributed by atoms with Crippen LogP contribution in [-0.4, -0.2) is 36.2 Å². The van der Waals surface area contributed by atoms with Gasteiger partial charge in [0.2, 0.25) is 11.8 Å². The molecule has 0 amide bonds. The second-order valence-corrected chi connectivity index (χ2v) is 4.31. The molecular weight excluding hydrogens is 216 g/mol. The Hall–Kier alpha value is -1.36. The molecule has 1 fully saturated rings. The zero-order valence-electron chi connectivity index (χ0n) is 10.3. The molecule has 0 saturated carbocycles. The zero-order chi connectivity index (χ0) is 11.9. The quantitative estimate of drug-likeness (QED) is 0.779. The van der Waals surface area contributed by atoms with Gasteiger partial charge in [-0.1, -0.05) is 6.92 Å². The molecular formula is C12H20N4O. The molecule has 0 aromatic carbocycles. The highest BCUT2D eigenvalue weighted by molar-refractivity contribution is 5.27. The molecule has 0 radical (unpaired) electrons. The van der Waals surface area contributed by atoms with E-state index in [9.17, 15) is 0 Å². The lowest BCUT2D eigenvalue weighted by Crippen LogP contribution is -2.18. The van der Waals surface area contributed by atoms with E-state index >= 15 is 0 Å². The summed E-state index contributed by atoms with van der Waals surface area (Å²) in [5.41, 5.74) is 0. The van der Waals surface area contributed by atoms with Gasteiger partial charge in [-0.15, -0.1) is 0 Å². The molecule has 0 aliphatic carbocycles. The van der Waals surface area contributed by atoms with Crippen LogP contribution >= 0.6 is 0 Å². The van der Waals surface area contributed by atoms with E-state index in [1.165, 1.54) is 6.42 Å². The Bertz CT molecular complexity index is 339. The molecule has 0 bridgehead atoms. The van der Waals surface area contributed by atoms with Gasteiger partial charge in [-0.3, -0.25) is 0 Å². The van der Waals surface area contributed by atoms with Gasteiger partial charge in [0.05, 0.1) is 6.61 Å². The van der Waals surface area contributed by atoms with Crippen molar-refractivity contribution in [2.24, 2.45) is 5.92 Å². The number of aromatic nitrogens is 2. The van der Waals surface area contributed by atoms with Crippen LogP contribution in [0.25, 0.3) is 0 Å². The van der Waals surface area contributed by atoms with Crippen LogP contribution in [0, 0.1) is 5.92 Å². The molecule has 1 saturated heterocycles. The third-order valence-electron chi connectivity index (χ3n) is 2.80. The highest BCUT2D eigenvalue weighted by atomic mass is 16.5. The van der Waals surface area contributed by atoms with E-state index < -0.39 is 0 Å². The van der Waals surface area contributed by atoms with E-state index in [0.717, 1.165) is 26.1 Å². The second kappa shape index (κ2) is 6.39. The predicted octanol–water partition coefficient (Wildman–Crippen LogP) is 1.29. The molecule has 2 heterocycles. The number of rotatable bonds is 6. The Kier molecular flexibility index (Phi) is 4.55. The topological polar surface area (TPSA) is 59.1 Å². The maximum absolute atomic E-state index is 5.46. The van der Waals surface area contributed by atoms with Gasteiger partial charge in [-0.05, 0) is 31.8 Å². The molecule has 5 nitrogen and oxygen atoms in total. The molecule has 0 spiro atoms. The molecule has 1 aliphatic heterocycles. The Labute approximate surface area is 102 Å². The van der Waals surface area contributed by atoms with Gasteiger partial charge in [-0.2, -0.15) is 4.98 Å². The first-order valence-electron chi connectivity index (χ1n) is 6.29. The number of anilines is 1. The highest BCUT2D eigenvalue weighted by Crippen LogP contribution is 2.11. The smallest absolute Gasteiger partial charge is 0.225 e. The van der Waals surface area contributed by atoms with Crippen LogP contribution in [0.2, 0.25) is 0 Å². The summed E-state index contributed by atoms with van der Waals surface area (Å²) in [6.45, 7) is 5.90. The van der Waals surface area contributed by atoms with Crippen LogP contribution in [-0.2, 0) is 0 Å². The first-order chi connectivity index (χ1) is 8.38. The molecule has 1 aromatic heterocycles. The van der Waals surface area contributed by atoms with Gasteiger partial charge in [0.25, 0.3) is 0 Å². The lowest BCUT2D eigenvalue weighted by Gasteiger charge is -2.10. The van der Waals surface area contributed by atoms with Crippen molar-refractivity contribution in [3.05, 3.63) is 12.3 Å². The summed E-state index contributed by atoms with van der Waals surface area (Å²) in [6.07, 6.45) is 3.94. The van der Waals surface area contributed by atoms with Crippen molar-refractivity contribution in [1.82, 2.24) is 15.3 Å². The van der Waals surface area contributed by atoms with Crippen LogP contribution in [0.4, 0.5) is 5.95 Å². The molecule has 1 aromatic rings. The summed E-state index contributed by atoms with van der Waals surface area (Å²) >= 11 is 0. The lowest BCUT2D eigenvalue weighted by atomic mass is 10.1. The monoisotopic (exact) mass is 236 g/mol. The molecule has 94 valence electrons. The number of hydrogen-bond donors (Lipinski definition) is 2. The maximum atomic E-state index is 5.46. The van der Waals surface area contributed by atoms with Gasteiger partial charge in [0.1, 0.15) is 0 Å². The van der Waals surface area contributed by atoms with Gasteiger partial charge < -0.3 is 15.4 Å². The van der Waals surface area contributed by atoms with E-state index in [-0.39, 0.29) is 0 Å². The maximum Gasteiger partial charge on any atom is 0.225 e. The average Bonchev–Trinajstić information content (AvgIpc) is 2.87. The summed E-state index contributed by atoms with van der Waals surface area (Å²) in [6, 6.07) is 1.79. The number of nitrogens with one attached hydrogen (secondary N) is 2. The largest absolute Gasteiger partial charge is 0.478 e. The van der Waals surface area contributed by atoms with Crippen molar-refractivity contribution < 1.29 is 4.74 Å². The molecule has 1 aliphatic rings. The van der Waals surface area contributed by atoms with Gasteiger partial charge in [-0.25, -0.2) is 4.98 Å².